The van der Waals surface area contributed by atoms with Gasteiger partial charge in [0.15, 0.2) is 9.84 Å². The summed E-state index contributed by atoms with van der Waals surface area (Å²) in [5.74, 6) is -1.86. The SMILES string of the molecule is CC1C(=O)N(CCS(=O)(=O)c2cccc(C#N)c2)C(=O)C1C. The van der Waals surface area contributed by atoms with Crippen LogP contribution in [0.1, 0.15) is 19.4 Å². The minimum Gasteiger partial charge on any atom is -0.281 e. The molecule has 7 heteroatoms. The Morgan fingerprint density at radius 1 is 1.18 bits per heavy atom. The molecular weight excluding hydrogens is 304 g/mol. The molecule has 2 amide bonds. The molecule has 2 unspecified atom stereocenters. The maximum atomic E-state index is 12.3. The Labute approximate surface area is 129 Å². The first-order valence-electron chi connectivity index (χ1n) is 6.86. The van der Waals surface area contributed by atoms with Crippen LogP contribution in [0, 0.1) is 23.2 Å². The van der Waals surface area contributed by atoms with Crippen molar-refractivity contribution in [2.24, 2.45) is 11.8 Å². The van der Waals surface area contributed by atoms with Crippen molar-refractivity contribution in [3.8, 4) is 6.07 Å². The standard InChI is InChI=1S/C15H16N2O4S/c1-10-11(2)15(19)17(14(10)18)6-7-22(20,21)13-5-3-4-12(8-13)9-16/h3-5,8,10-11H,6-7H2,1-2H3. The summed E-state index contributed by atoms with van der Waals surface area (Å²) in [4.78, 5) is 24.9. The molecule has 0 aromatic heterocycles. The van der Waals surface area contributed by atoms with Gasteiger partial charge in [0.25, 0.3) is 0 Å². The van der Waals surface area contributed by atoms with Gasteiger partial charge in [-0.25, -0.2) is 8.42 Å². The fourth-order valence-electron chi connectivity index (χ4n) is 2.34. The average Bonchev–Trinajstić information content (AvgIpc) is 2.69. The molecule has 2 rings (SSSR count). The van der Waals surface area contributed by atoms with Gasteiger partial charge in [-0.3, -0.25) is 14.5 Å². The monoisotopic (exact) mass is 320 g/mol. The van der Waals surface area contributed by atoms with Crippen molar-refractivity contribution in [1.29, 1.82) is 5.26 Å². The van der Waals surface area contributed by atoms with Crippen LogP contribution in [0.15, 0.2) is 29.2 Å². The lowest BCUT2D eigenvalue weighted by atomic mass is 10.00. The van der Waals surface area contributed by atoms with E-state index in [1.807, 2.05) is 6.07 Å². The van der Waals surface area contributed by atoms with E-state index in [1.165, 1.54) is 24.3 Å². The lowest BCUT2D eigenvalue weighted by molar-refractivity contribution is -0.139. The van der Waals surface area contributed by atoms with Gasteiger partial charge < -0.3 is 0 Å². The molecule has 0 bridgehead atoms. The number of carbonyl (C=O) groups excluding carboxylic acids is 2. The maximum absolute atomic E-state index is 12.3. The van der Waals surface area contributed by atoms with Gasteiger partial charge in [-0.15, -0.1) is 0 Å². The number of benzene rings is 1. The molecule has 6 nitrogen and oxygen atoms in total. The number of likely N-dealkylation sites (tertiary alicyclic amines) is 1. The van der Waals surface area contributed by atoms with E-state index in [0.29, 0.717) is 0 Å². The molecule has 1 aromatic carbocycles. The minimum atomic E-state index is -3.66. The van der Waals surface area contributed by atoms with Crippen LogP contribution in [0.25, 0.3) is 0 Å². The Balaban J connectivity index is 2.15. The van der Waals surface area contributed by atoms with Crippen LogP contribution >= 0.6 is 0 Å². The van der Waals surface area contributed by atoms with Crippen LogP contribution in [-0.4, -0.2) is 37.4 Å². The minimum absolute atomic E-state index is 0.0201. The summed E-state index contributed by atoms with van der Waals surface area (Å²) in [7, 11) is -3.66. The van der Waals surface area contributed by atoms with Crippen molar-refractivity contribution in [1.82, 2.24) is 4.90 Å². The summed E-state index contributed by atoms with van der Waals surface area (Å²) >= 11 is 0. The van der Waals surface area contributed by atoms with E-state index in [9.17, 15) is 18.0 Å². The molecular formula is C15H16N2O4S. The van der Waals surface area contributed by atoms with Crippen molar-refractivity contribution in [2.75, 3.05) is 12.3 Å². The van der Waals surface area contributed by atoms with E-state index in [1.54, 1.807) is 13.8 Å². The molecule has 1 heterocycles. The van der Waals surface area contributed by atoms with Crippen molar-refractivity contribution < 1.29 is 18.0 Å². The highest BCUT2D eigenvalue weighted by molar-refractivity contribution is 7.91. The molecule has 0 radical (unpaired) electrons. The number of nitriles is 1. The van der Waals surface area contributed by atoms with Gasteiger partial charge in [0.05, 0.1) is 22.3 Å². The van der Waals surface area contributed by atoms with Gasteiger partial charge in [-0.2, -0.15) is 5.26 Å². The quantitative estimate of drug-likeness (QED) is 0.770. The molecule has 1 aliphatic rings. The first-order valence-corrected chi connectivity index (χ1v) is 8.51. The first kappa shape index (κ1) is 16.2. The Morgan fingerprint density at radius 3 is 2.32 bits per heavy atom. The van der Waals surface area contributed by atoms with E-state index < -0.39 is 21.7 Å². The second kappa shape index (κ2) is 5.89. The van der Waals surface area contributed by atoms with Gasteiger partial charge in [-0.05, 0) is 18.2 Å². The number of amides is 2. The Kier molecular flexibility index (Phi) is 4.33. The maximum Gasteiger partial charge on any atom is 0.232 e. The van der Waals surface area contributed by atoms with Gasteiger partial charge >= 0.3 is 0 Å². The average molecular weight is 320 g/mol. The van der Waals surface area contributed by atoms with E-state index in [-0.39, 0.29) is 34.6 Å². The van der Waals surface area contributed by atoms with Crippen LogP contribution in [0.5, 0.6) is 0 Å². The third-order valence-corrected chi connectivity index (χ3v) is 5.66. The van der Waals surface area contributed by atoms with Gasteiger partial charge in [0.1, 0.15) is 0 Å². The molecule has 22 heavy (non-hydrogen) atoms. The second-order valence-electron chi connectivity index (χ2n) is 5.36. The van der Waals surface area contributed by atoms with Crippen molar-refractivity contribution >= 4 is 21.7 Å². The molecule has 0 saturated carbocycles. The Morgan fingerprint density at radius 2 is 1.77 bits per heavy atom. The third-order valence-electron chi connectivity index (χ3n) is 3.97. The third kappa shape index (κ3) is 2.88. The molecule has 0 aliphatic carbocycles. The molecule has 1 aliphatic heterocycles. The zero-order chi connectivity index (χ0) is 16.5. The molecule has 1 saturated heterocycles. The number of carbonyl (C=O) groups is 2. The summed E-state index contributed by atoms with van der Waals surface area (Å²) in [6.45, 7) is 3.16. The fraction of sp³-hybridized carbons (Fsp3) is 0.400. The molecule has 0 N–H and O–H groups in total. The van der Waals surface area contributed by atoms with Gasteiger partial charge in [0, 0.05) is 18.4 Å². The zero-order valence-corrected chi connectivity index (χ0v) is 13.1. The zero-order valence-electron chi connectivity index (χ0n) is 12.3. The number of rotatable bonds is 4. The van der Waals surface area contributed by atoms with E-state index in [4.69, 9.17) is 5.26 Å². The highest BCUT2D eigenvalue weighted by Crippen LogP contribution is 2.25. The molecule has 1 aromatic rings. The fourth-order valence-corrected chi connectivity index (χ4v) is 3.59. The van der Waals surface area contributed by atoms with Gasteiger partial charge in [-0.1, -0.05) is 19.9 Å². The van der Waals surface area contributed by atoms with E-state index in [2.05, 4.69) is 0 Å². The topological polar surface area (TPSA) is 95.3 Å². The molecule has 2 atom stereocenters. The van der Waals surface area contributed by atoms with E-state index >= 15 is 0 Å². The van der Waals surface area contributed by atoms with Crippen molar-refractivity contribution in [2.45, 2.75) is 18.7 Å². The predicted molar refractivity (Wildman–Crippen MR) is 78.3 cm³/mol. The lowest BCUT2D eigenvalue weighted by Gasteiger charge is -2.14. The number of imide groups is 1. The summed E-state index contributed by atoms with van der Waals surface area (Å²) in [5.41, 5.74) is 0.247. The van der Waals surface area contributed by atoms with Crippen molar-refractivity contribution in [3.05, 3.63) is 29.8 Å². The number of hydrogen-bond acceptors (Lipinski definition) is 5. The van der Waals surface area contributed by atoms with Crippen LogP contribution < -0.4 is 0 Å². The summed E-state index contributed by atoms with van der Waals surface area (Å²) < 4.78 is 24.5. The Bertz CT molecular complexity index is 744. The van der Waals surface area contributed by atoms with E-state index in [0.717, 1.165) is 4.90 Å². The number of nitrogens with zero attached hydrogens (tertiary/aromatic N) is 2. The molecule has 116 valence electrons. The molecule has 1 fully saturated rings. The van der Waals surface area contributed by atoms with Gasteiger partial charge in [0.2, 0.25) is 11.8 Å². The van der Waals surface area contributed by atoms with Crippen molar-refractivity contribution in [3.63, 3.8) is 0 Å². The lowest BCUT2D eigenvalue weighted by Crippen LogP contribution is -2.35. The number of sulfone groups is 1. The highest BCUT2D eigenvalue weighted by Gasteiger charge is 2.42. The smallest absolute Gasteiger partial charge is 0.232 e. The first-order chi connectivity index (χ1) is 10.3. The van der Waals surface area contributed by atoms with Crippen LogP contribution in [0.2, 0.25) is 0 Å². The summed E-state index contributed by atoms with van der Waals surface area (Å²) in [6.07, 6.45) is 0. The predicted octanol–water partition coefficient (Wildman–Crippen LogP) is 0.973. The second-order valence-corrected chi connectivity index (χ2v) is 7.47. The normalized spacial score (nSPS) is 22.0. The largest absolute Gasteiger partial charge is 0.281 e. The van der Waals surface area contributed by atoms with Crippen LogP contribution in [-0.2, 0) is 19.4 Å². The molecule has 0 spiro atoms. The summed E-state index contributed by atoms with van der Waals surface area (Å²) in [6, 6.07) is 7.56. The van der Waals surface area contributed by atoms with Crippen LogP contribution in [0.4, 0.5) is 0 Å². The number of hydrogen-bond donors (Lipinski definition) is 0. The summed E-state index contributed by atoms with van der Waals surface area (Å²) in [5, 5.41) is 8.82. The van der Waals surface area contributed by atoms with Crippen LogP contribution in [0.3, 0.4) is 0 Å². The Hall–Kier alpha value is -2.20. The highest BCUT2D eigenvalue weighted by atomic mass is 32.2.